The zero-order valence-corrected chi connectivity index (χ0v) is 13.9. The number of carbonyl (C=O) groups is 2. The zero-order valence-electron chi connectivity index (χ0n) is 13.9. The molecule has 0 radical (unpaired) electrons. The van der Waals surface area contributed by atoms with Gasteiger partial charge >= 0.3 is 5.97 Å². The molecule has 2 rings (SSSR count). The van der Waals surface area contributed by atoms with Crippen LogP contribution in [-0.4, -0.2) is 31.1 Å². The lowest BCUT2D eigenvalue weighted by molar-refractivity contribution is -0.132. The summed E-state index contributed by atoms with van der Waals surface area (Å²) in [6.07, 6.45) is 1.44. The largest absolute Gasteiger partial charge is 0.477 e. The van der Waals surface area contributed by atoms with E-state index in [1.165, 1.54) is 6.08 Å². The summed E-state index contributed by atoms with van der Waals surface area (Å²) in [6.45, 7) is 1.87. The minimum atomic E-state index is -1.19. The Morgan fingerprint density at radius 2 is 1.75 bits per heavy atom. The number of hydrogen-bond donors (Lipinski definition) is 2. The summed E-state index contributed by atoms with van der Waals surface area (Å²) in [5.41, 5.74) is 2.89. The van der Waals surface area contributed by atoms with Crippen LogP contribution in [0.1, 0.15) is 21.5 Å². The van der Waals surface area contributed by atoms with Gasteiger partial charge in [-0.1, -0.05) is 29.8 Å². The Balaban J connectivity index is 2.22. The number of carboxylic acids is 1. The van der Waals surface area contributed by atoms with Gasteiger partial charge in [-0.2, -0.15) is 0 Å². The molecule has 0 heterocycles. The van der Waals surface area contributed by atoms with Crippen molar-refractivity contribution in [2.45, 2.75) is 6.92 Å². The van der Waals surface area contributed by atoms with E-state index in [9.17, 15) is 14.7 Å². The Kier molecular flexibility index (Phi) is 5.37. The number of benzene rings is 2. The third-order valence-corrected chi connectivity index (χ3v) is 3.48. The molecule has 124 valence electrons. The molecule has 0 aliphatic heterocycles. The molecule has 0 unspecified atom stereocenters. The summed E-state index contributed by atoms with van der Waals surface area (Å²) in [5, 5.41) is 11.8. The van der Waals surface area contributed by atoms with Crippen LogP contribution in [0.4, 0.5) is 5.69 Å². The first kappa shape index (κ1) is 17.3. The van der Waals surface area contributed by atoms with Crippen molar-refractivity contribution < 1.29 is 14.7 Å². The SMILES string of the molecule is Cc1cccc(C(=O)NC(=Cc2ccc(N(C)C)cc2)C(=O)O)c1. The fourth-order valence-corrected chi connectivity index (χ4v) is 2.17. The minimum Gasteiger partial charge on any atom is -0.477 e. The number of anilines is 1. The minimum absolute atomic E-state index is 0.167. The lowest BCUT2D eigenvalue weighted by atomic mass is 10.1. The third-order valence-electron chi connectivity index (χ3n) is 3.48. The maximum absolute atomic E-state index is 12.2. The lowest BCUT2D eigenvalue weighted by Crippen LogP contribution is -2.27. The molecule has 24 heavy (non-hydrogen) atoms. The topological polar surface area (TPSA) is 69.6 Å². The molecule has 1 amide bonds. The molecule has 0 saturated heterocycles. The van der Waals surface area contributed by atoms with Gasteiger partial charge in [-0.25, -0.2) is 4.79 Å². The molecule has 2 aromatic carbocycles. The molecule has 2 aromatic rings. The predicted octanol–water partition coefficient (Wildman–Crippen LogP) is 2.92. The highest BCUT2D eigenvalue weighted by molar-refractivity contribution is 6.02. The maximum atomic E-state index is 12.2. The van der Waals surface area contributed by atoms with Crippen molar-refractivity contribution in [3.63, 3.8) is 0 Å². The molecular weight excluding hydrogens is 304 g/mol. The fraction of sp³-hybridized carbons (Fsp3) is 0.158. The average molecular weight is 324 g/mol. The Bertz CT molecular complexity index is 777. The third kappa shape index (κ3) is 4.46. The van der Waals surface area contributed by atoms with E-state index in [1.54, 1.807) is 30.3 Å². The Hall–Kier alpha value is -3.08. The van der Waals surface area contributed by atoms with Gasteiger partial charge in [0.1, 0.15) is 5.70 Å². The zero-order chi connectivity index (χ0) is 17.7. The van der Waals surface area contributed by atoms with Gasteiger partial charge in [-0.05, 0) is 42.8 Å². The molecule has 2 N–H and O–H groups in total. The second-order valence-electron chi connectivity index (χ2n) is 5.67. The first-order valence-corrected chi connectivity index (χ1v) is 7.47. The highest BCUT2D eigenvalue weighted by atomic mass is 16.4. The summed E-state index contributed by atoms with van der Waals surface area (Å²) in [4.78, 5) is 25.6. The van der Waals surface area contributed by atoms with Crippen LogP contribution in [0.25, 0.3) is 6.08 Å². The van der Waals surface area contributed by atoms with Crippen LogP contribution in [0.15, 0.2) is 54.2 Å². The number of nitrogens with one attached hydrogen (secondary N) is 1. The van der Waals surface area contributed by atoms with E-state index in [4.69, 9.17) is 0 Å². The number of aryl methyl sites for hydroxylation is 1. The van der Waals surface area contributed by atoms with E-state index < -0.39 is 11.9 Å². The van der Waals surface area contributed by atoms with Gasteiger partial charge < -0.3 is 15.3 Å². The quantitative estimate of drug-likeness (QED) is 0.830. The Morgan fingerprint density at radius 1 is 1.08 bits per heavy atom. The van der Waals surface area contributed by atoms with Crippen molar-refractivity contribution in [1.82, 2.24) is 5.32 Å². The summed E-state index contributed by atoms with van der Waals surface area (Å²) in [6, 6.07) is 14.4. The van der Waals surface area contributed by atoms with Crippen LogP contribution >= 0.6 is 0 Å². The average Bonchev–Trinajstić information content (AvgIpc) is 2.54. The Labute approximate surface area is 141 Å². The van der Waals surface area contributed by atoms with E-state index in [0.29, 0.717) is 11.1 Å². The summed E-state index contributed by atoms with van der Waals surface area (Å²) in [7, 11) is 3.85. The molecule has 0 bridgehead atoms. The molecule has 0 saturated carbocycles. The summed E-state index contributed by atoms with van der Waals surface area (Å²) >= 11 is 0. The van der Waals surface area contributed by atoms with Crippen LogP contribution in [0, 0.1) is 6.92 Å². The van der Waals surface area contributed by atoms with E-state index in [-0.39, 0.29) is 5.70 Å². The number of amides is 1. The van der Waals surface area contributed by atoms with Crippen LogP contribution < -0.4 is 10.2 Å². The molecule has 0 aliphatic rings. The van der Waals surface area contributed by atoms with Crippen molar-refractivity contribution in [2.24, 2.45) is 0 Å². The second-order valence-corrected chi connectivity index (χ2v) is 5.67. The standard InChI is InChI=1S/C19H20N2O3/c1-13-5-4-6-15(11-13)18(22)20-17(19(23)24)12-14-7-9-16(10-8-14)21(2)3/h4-12H,1-3H3,(H,20,22)(H,23,24). The van der Waals surface area contributed by atoms with Crippen LogP contribution in [0.3, 0.4) is 0 Å². The number of nitrogens with zero attached hydrogens (tertiary/aromatic N) is 1. The van der Waals surface area contributed by atoms with Crippen molar-refractivity contribution >= 4 is 23.6 Å². The molecule has 0 atom stereocenters. The second kappa shape index (κ2) is 7.46. The van der Waals surface area contributed by atoms with Crippen molar-refractivity contribution in [1.29, 1.82) is 0 Å². The first-order chi connectivity index (χ1) is 11.4. The Morgan fingerprint density at radius 3 is 2.29 bits per heavy atom. The first-order valence-electron chi connectivity index (χ1n) is 7.47. The molecule has 0 aliphatic carbocycles. The molecule has 0 spiro atoms. The van der Waals surface area contributed by atoms with Gasteiger partial charge in [0.15, 0.2) is 0 Å². The highest BCUT2D eigenvalue weighted by Crippen LogP contribution is 2.14. The fourth-order valence-electron chi connectivity index (χ4n) is 2.17. The molecule has 0 aromatic heterocycles. The van der Waals surface area contributed by atoms with Gasteiger partial charge in [-0.3, -0.25) is 4.79 Å². The van der Waals surface area contributed by atoms with Gasteiger partial charge in [-0.15, -0.1) is 0 Å². The number of carboxylic acid groups (broad SMARTS) is 1. The van der Waals surface area contributed by atoms with Crippen molar-refractivity contribution in [3.05, 3.63) is 70.9 Å². The number of carbonyl (C=O) groups excluding carboxylic acids is 1. The monoisotopic (exact) mass is 324 g/mol. The predicted molar refractivity (Wildman–Crippen MR) is 95.0 cm³/mol. The van der Waals surface area contributed by atoms with Gasteiger partial charge in [0.2, 0.25) is 0 Å². The van der Waals surface area contributed by atoms with E-state index >= 15 is 0 Å². The summed E-state index contributed by atoms with van der Waals surface area (Å²) < 4.78 is 0. The lowest BCUT2D eigenvalue weighted by Gasteiger charge is -2.12. The highest BCUT2D eigenvalue weighted by Gasteiger charge is 2.13. The van der Waals surface area contributed by atoms with E-state index in [2.05, 4.69) is 5.32 Å². The number of hydrogen-bond acceptors (Lipinski definition) is 3. The number of rotatable bonds is 5. The number of aliphatic carboxylic acids is 1. The molecular formula is C19H20N2O3. The molecule has 5 nitrogen and oxygen atoms in total. The van der Waals surface area contributed by atoms with Crippen molar-refractivity contribution in [3.8, 4) is 0 Å². The maximum Gasteiger partial charge on any atom is 0.352 e. The van der Waals surface area contributed by atoms with Gasteiger partial charge in [0.05, 0.1) is 0 Å². The van der Waals surface area contributed by atoms with Gasteiger partial charge in [0, 0.05) is 25.3 Å². The summed E-state index contributed by atoms with van der Waals surface area (Å²) in [5.74, 6) is -1.63. The molecule has 5 heteroatoms. The van der Waals surface area contributed by atoms with Crippen molar-refractivity contribution in [2.75, 3.05) is 19.0 Å². The normalized spacial score (nSPS) is 11.0. The molecule has 0 fully saturated rings. The van der Waals surface area contributed by atoms with E-state index in [0.717, 1.165) is 11.3 Å². The van der Waals surface area contributed by atoms with Gasteiger partial charge in [0.25, 0.3) is 5.91 Å². The van der Waals surface area contributed by atoms with Crippen LogP contribution in [-0.2, 0) is 4.79 Å². The van der Waals surface area contributed by atoms with E-state index in [1.807, 2.05) is 44.1 Å². The van der Waals surface area contributed by atoms with Crippen LogP contribution in [0.5, 0.6) is 0 Å². The smallest absolute Gasteiger partial charge is 0.352 e. The van der Waals surface area contributed by atoms with Crippen LogP contribution in [0.2, 0.25) is 0 Å².